The van der Waals surface area contributed by atoms with E-state index < -0.39 is 0 Å². The Balaban J connectivity index is 2.14. The molecule has 0 aliphatic rings. The Morgan fingerprint density at radius 1 is 1.12 bits per heavy atom. The lowest BCUT2D eigenvalue weighted by molar-refractivity contribution is 0.618. The van der Waals surface area contributed by atoms with Gasteiger partial charge in [-0.2, -0.15) is 0 Å². The molecule has 3 aromatic rings. The minimum atomic E-state index is -0.282. The third-order valence-electron chi connectivity index (χ3n) is 2.52. The molecule has 0 aliphatic carbocycles. The number of rotatable bonds is 1. The van der Waals surface area contributed by atoms with Crippen LogP contribution in [0, 0.1) is 5.82 Å². The van der Waals surface area contributed by atoms with Crippen molar-refractivity contribution in [1.29, 1.82) is 0 Å². The van der Waals surface area contributed by atoms with Crippen LogP contribution in [0.15, 0.2) is 47.0 Å². The van der Waals surface area contributed by atoms with Crippen molar-refractivity contribution < 1.29 is 8.81 Å². The van der Waals surface area contributed by atoms with Gasteiger partial charge in [0.1, 0.15) is 17.1 Å². The van der Waals surface area contributed by atoms with Gasteiger partial charge in [-0.1, -0.05) is 0 Å². The number of aromatic nitrogens is 1. The number of nitrogen functional groups attached to an aromatic ring is 1. The second-order valence-corrected chi connectivity index (χ2v) is 3.77. The zero-order chi connectivity index (χ0) is 11.8. The molecule has 3 nitrogen and oxygen atoms in total. The van der Waals surface area contributed by atoms with Crippen LogP contribution in [0.1, 0.15) is 0 Å². The third-order valence-corrected chi connectivity index (χ3v) is 2.52. The van der Waals surface area contributed by atoms with Gasteiger partial charge in [0.2, 0.25) is 0 Å². The van der Waals surface area contributed by atoms with Gasteiger partial charge >= 0.3 is 0 Å². The van der Waals surface area contributed by atoms with Crippen LogP contribution < -0.4 is 5.73 Å². The van der Waals surface area contributed by atoms with Crippen LogP contribution in [-0.2, 0) is 0 Å². The van der Waals surface area contributed by atoms with Crippen LogP contribution in [0.25, 0.3) is 22.4 Å². The molecule has 4 heteroatoms. The molecule has 0 saturated carbocycles. The van der Waals surface area contributed by atoms with Gasteiger partial charge in [-0.15, -0.1) is 0 Å². The minimum Gasteiger partial charge on any atom is -0.454 e. The average molecular weight is 228 g/mol. The largest absolute Gasteiger partial charge is 0.454 e. The second-order valence-electron chi connectivity index (χ2n) is 3.77. The molecule has 0 aliphatic heterocycles. The van der Waals surface area contributed by atoms with Crippen LogP contribution in [0.3, 0.4) is 0 Å². The average Bonchev–Trinajstić information content (AvgIpc) is 2.72. The van der Waals surface area contributed by atoms with E-state index >= 15 is 0 Å². The van der Waals surface area contributed by atoms with E-state index in [9.17, 15) is 4.39 Å². The molecule has 2 N–H and O–H groups in total. The van der Waals surface area contributed by atoms with E-state index in [1.165, 1.54) is 12.1 Å². The molecule has 0 fully saturated rings. The summed E-state index contributed by atoms with van der Waals surface area (Å²) in [5.74, 6) is 0.320. The van der Waals surface area contributed by atoms with Crippen molar-refractivity contribution in [3.8, 4) is 11.5 Å². The summed E-state index contributed by atoms with van der Waals surface area (Å²) in [6.07, 6.45) is 1.56. The number of hydrogen-bond acceptors (Lipinski definition) is 3. The maximum atomic E-state index is 13.0. The maximum absolute atomic E-state index is 13.0. The molecule has 17 heavy (non-hydrogen) atoms. The molecular formula is C13H9FN2O. The topological polar surface area (TPSA) is 52.0 Å². The summed E-state index contributed by atoms with van der Waals surface area (Å²) >= 11 is 0. The highest BCUT2D eigenvalue weighted by Gasteiger charge is 2.07. The van der Waals surface area contributed by atoms with Gasteiger partial charge < -0.3 is 10.2 Å². The summed E-state index contributed by atoms with van der Waals surface area (Å²) < 4.78 is 18.6. The number of furan rings is 1. The highest BCUT2D eigenvalue weighted by atomic mass is 19.1. The molecule has 0 spiro atoms. The highest BCUT2D eigenvalue weighted by Crippen LogP contribution is 2.27. The Labute approximate surface area is 96.7 Å². The van der Waals surface area contributed by atoms with Gasteiger partial charge in [-0.25, -0.2) is 4.39 Å². The smallest absolute Gasteiger partial charge is 0.153 e. The highest BCUT2D eigenvalue weighted by molar-refractivity contribution is 5.82. The predicted octanol–water partition coefficient (Wildman–Crippen LogP) is 3.22. The van der Waals surface area contributed by atoms with Crippen molar-refractivity contribution in [3.05, 3.63) is 48.4 Å². The Morgan fingerprint density at radius 2 is 2.00 bits per heavy atom. The van der Waals surface area contributed by atoms with Crippen molar-refractivity contribution in [2.75, 3.05) is 5.73 Å². The van der Waals surface area contributed by atoms with Crippen molar-refractivity contribution in [2.45, 2.75) is 0 Å². The van der Waals surface area contributed by atoms with Crippen LogP contribution in [0.5, 0.6) is 0 Å². The molecule has 0 unspecified atom stereocenters. The monoisotopic (exact) mass is 228 g/mol. The first kappa shape index (κ1) is 9.84. The summed E-state index contributed by atoms with van der Waals surface area (Å²) in [6.45, 7) is 0. The molecule has 0 amide bonds. The van der Waals surface area contributed by atoms with Crippen LogP contribution >= 0.6 is 0 Å². The second kappa shape index (κ2) is 3.59. The van der Waals surface area contributed by atoms with Gasteiger partial charge in [-0.3, -0.25) is 4.98 Å². The van der Waals surface area contributed by atoms with Gasteiger partial charge in [0.25, 0.3) is 0 Å². The van der Waals surface area contributed by atoms with Crippen LogP contribution in [-0.4, -0.2) is 4.98 Å². The summed E-state index contributed by atoms with van der Waals surface area (Å²) in [6, 6.07) is 9.67. The number of hydrogen-bond donors (Lipinski definition) is 1. The summed E-state index contributed by atoms with van der Waals surface area (Å²) in [4.78, 5) is 4.15. The van der Waals surface area contributed by atoms with Crippen LogP contribution in [0.2, 0.25) is 0 Å². The van der Waals surface area contributed by atoms with Gasteiger partial charge in [0.15, 0.2) is 5.76 Å². The van der Waals surface area contributed by atoms with E-state index in [1.54, 1.807) is 30.5 Å². The first-order valence-electron chi connectivity index (χ1n) is 5.13. The third kappa shape index (κ3) is 1.73. The zero-order valence-electron chi connectivity index (χ0n) is 8.85. The molecule has 0 bridgehead atoms. The zero-order valence-corrected chi connectivity index (χ0v) is 8.85. The lowest BCUT2D eigenvalue weighted by atomic mass is 10.2. The Bertz CT molecular complexity index is 673. The fourth-order valence-corrected chi connectivity index (χ4v) is 1.69. The molecule has 1 aromatic carbocycles. The number of nitrogens with zero attached hydrogens (tertiary/aromatic N) is 1. The van der Waals surface area contributed by atoms with E-state index in [0.717, 1.165) is 5.39 Å². The lowest BCUT2D eigenvalue weighted by Gasteiger charge is -1.95. The van der Waals surface area contributed by atoms with E-state index in [4.69, 9.17) is 10.2 Å². The number of fused-ring (bicyclic) bond motifs is 1. The lowest BCUT2D eigenvalue weighted by Crippen LogP contribution is -1.86. The van der Waals surface area contributed by atoms with Gasteiger partial charge in [0, 0.05) is 5.39 Å². The number of pyridine rings is 1. The van der Waals surface area contributed by atoms with Crippen molar-refractivity contribution in [1.82, 2.24) is 4.98 Å². The predicted molar refractivity (Wildman–Crippen MR) is 63.8 cm³/mol. The van der Waals surface area contributed by atoms with Gasteiger partial charge in [-0.05, 0) is 36.4 Å². The quantitative estimate of drug-likeness (QED) is 0.695. The molecule has 84 valence electrons. The normalized spacial score (nSPS) is 10.9. The van der Waals surface area contributed by atoms with Crippen molar-refractivity contribution in [2.24, 2.45) is 0 Å². The maximum Gasteiger partial charge on any atom is 0.153 e. The molecule has 2 heterocycles. The number of benzene rings is 1. The van der Waals surface area contributed by atoms with Crippen molar-refractivity contribution >= 4 is 16.7 Å². The van der Waals surface area contributed by atoms with E-state index in [-0.39, 0.29) is 5.82 Å². The Morgan fingerprint density at radius 3 is 2.76 bits per heavy atom. The van der Waals surface area contributed by atoms with E-state index in [0.29, 0.717) is 22.7 Å². The number of anilines is 1. The van der Waals surface area contributed by atoms with Gasteiger partial charge in [0.05, 0.1) is 11.9 Å². The Kier molecular flexibility index (Phi) is 2.08. The molecule has 3 rings (SSSR count). The summed E-state index contributed by atoms with van der Waals surface area (Å²) in [5.41, 5.74) is 7.47. The molecule has 0 saturated heterocycles. The van der Waals surface area contributed by atoms with E-state index in [1.807, 2.05) is 0 Å². The van der Waals surface area contributed by atoms with Crippen LogP contribution in [0.4, 0.5) is 10.1 Å². The summed E-state index contributed by atoms with van der Waals surface area (Å²) in [7, 11) is 0. The SMILES string of the molecule is Nc1ccc(-c2cc3cc(F)ccc3o2)nc1. The number of halogens is 1. The first-order chi connectivity index (χ1) is 8.22. The molecule has 0 radical (unpaired) electrons. The molecular weight excluding hydrogens is 219 g/mol. The standard InChI is InChI=1S/C13H9FN2O/c14-9-1-4-12-8(5-9)6-13(17-12)11-3-2-10(15)7-16-11/h1-7H,15H2. The molecule has 2 aromatic heterocycles. The summed E-state index contributed by atoms with van der Waals surface area (Å²) in [5, 5.41) is 0.721. The minimum absolute atomic E-state index is 0.282. The molecule has 0 atom stereocenters. The number of nitrogens with two attached hydrogens (primary N) is 1. The fraction of sp³-hybridized carbons (Fsp3) is 0. The fourth-order valence-electron chi connectivity index (χ4n) is 1.69. The first-order valence-corrected chi connectivity index (χ1v) is 5.13. The Hall–Kier alpha value is -2.36. The van der Waals surface area contributed by atoms with E-state index in [2.05, 4.69) is 4.98 Å². The van der Waals surface area contributed by atoms with Crippen molar-refractivity contribution in [3.63, 3.8) is 0 Å².